The van der Waals surface area contributed by atoms with Crippen LogP contribution in [0.1, 0.15) is 92.9 Å². The molecule has 0 amide bonds. The van der Waals surface area contributed by atoms with Gasteiger partial charge in [-0.15, -0.1) is 0 Å². The molecule has 1 atom stereocenters. The number of nitrogens with two attached hydrogens (primary N) is 2. The standard InChI is InChI=1S/C32H42N4/c1-4-5-6-7-8-9-10-11-20-28(27-19-15-13-17-25(27)3)32(36)30(23-34)29(22-33)31(35)21-26-18-14-12-16-24(26)2/h12-19,28H,4-11,20-21,35-36H2,1-3H3/b31-29-,32-30-. The summed E-state index contributed by atoms with van der Waals surface area (Å²) in [6.45, 7) is 6.33. The fourth-order valence-corrected chi connectivity index (χ4v) is 4.77. The van der Waals surface area contributed by atoms with Gasteiger partial charge in [0.2, 0.25) is 0 Å². The van der Waals surface area contributed by atoms with E-state index in [9.17, 15) is 10.5 Å². The summed E-state index contributed by atoms with van der Waals surface area (Å²) in [4.78, 5) is 0. The van der Waals surface area contributed by atoms with Crippen molar-refractivity contribution >= 4 is 0 Å². The van der Waals surface area contributed by atoms with Crippen molar-refractivity contribution < 1.29 is 0 Å². The molecule has 0 spiro atoms. The topological polar surface area (TPSA) is 99.6 Å². The molecular weight excluding hydrogens is 440 g/mol. The van der Waals surface area contributed by atoms with Crippen molar-refractivity contribution in [1.82, 2.24) is 0 Å². The zero-order valence-electron chi connectivity index (χ0n) is 22.3. The highest BCUT2D eigenvalue weighted by molar-refractivity contribution is 5.57. The maximum Gasteiger partial charge on any atom is 0.102 e. The Labute approximate surface area is 218 Å². The number of hydrogen-bond acceptors (Lipinski definition) is 4. The van der Waals surface area contributed by atoms with E-state index in [1.807, 2.05) is 43.3 Å². The minimum atomic E-state index is -0.129. The van der Waals surface area contributed by atoms with Crippen molar-refractivity contribution in [3.8, 4) is 12.1 Å². The van der Waals surface area contributed by atoms with Gasteiger partial charge < -0.3 is 11.5 Å². The zero-order valence-corrected chi connectivity index (χ0v) is 22.3. The van der Waals surface area contributed by atoms with Crippen LogP contribution in [0, 0.1) is 36.5 Å². The molecule has 4 heteroatoms. The summed E-state index contributed by atoms with van der Waals surface area (Å²) in [7, 11) is 0. The smallest absolute Gasteiger partial charge is 0.102 e. The Kier molecular flexibility index (Phi) is 12.4. The number of allylic oxidation sites excluding steroid dienone is 4. The summed E-state index contributed by atoms with van der Waals surface area (Å²) < 4.78 is 0. The van der Waals surface area contributed by atoms with Crippen LogP contribution in [0.2, 0.25) is 0 Å². The van der Waals surface area contributed by atoms with Gasteiger partial charge in [-0.1, -0.05) is 107 Å². The molecule has 36 heavy (non-hydrogen) atoms. The van der Waals surface area contributed by atoms with E-state index in [-0.39, 0.29) is 17.1 Å². The van der Waals surface area contributed by atoms with Crippen LogP contribution in [-0.4, -0.2) is 0 Å². The summed E-state index contributed by atoms with van der Waals surface area (Å²) in [6.07, 6.45) is 11.1. The van der Waals surface area contributed by atoms with Crippen LogP contribution in [0.4, 0.5) is 0 Å². The van der Waals surface area contributed by atoms with Crippen LogP contribution in [0.25, 0.3) is 0 Å². The molecule has 0 aliphatic rings. The van der Waals surface area contributed by atoms with Crippen LogP contribution in [-0.2, 0) is 6.42 Å². The van der Waals surface area contributed by atoms with Crippen LogP contribution in [0.3, 0.4) is 0 Å². The summed E-state index contributed by atoms with van der Waals surface area (Å²) in [6, 6.07) is 20.5. The summed E-state index contributed by atoms with van der Waals surface area (Å²) in [5, 5.41) is 20.1. The minimum absolute atomic E-state index is 0.129. The molecule has 0 aliphatic carbocycles. The Bertz CT molecular complexity index is 1130. The van der Waals surface area contributed by atoms with Crippen LogP contribution in [0.5, 0.6) is 0 Å². The highest BCUT2D eigenvalue weighted by atomic mass is 14.6. The Balaban J connectivity index is 2.32. The number of nitrogens with zero attached hydrogens (tertiary/aromatic N) is 2. The van der Waals surface area contributed by atoms with Crippen molar-refractivity contribution in [1.29, 1.82) is 10.5 Å². The van der Waals surface area contributed by atoms with Gasteiger partial charge in [-0.25, -0.2) is 0 Å². The Morgan fingerprint density at radius 2 is 1.31 bits per heavy atom. The average molecular weight is 483 g/mol. The van der Waals surface area contributed by atoms with E-state index < -0.39 is 0 Å². The second kappa shape index (κ2) is 15.5. The second-order valence-corrected chi connectivity index (χ2v) is 9.73. The predicted molar refractivity (Wildman–Crippen MR) is 150 cm³/mol. The molecule has 0 heterocycles. The summed E-state index contributed by atoms with van der Waals surface area (Å²) >= 11 is 0. The largest absolute Gasteiger partial charge is 0.401 e. The van der Waals surface area contributed by atoms with Gasteiger partial charge >= 0.3 is 0 Å². The van der Waals surface area contributed by atoms with E-state index in [0.29, 0.717) is 17.8 Å². The molecule has 0 radical (unpaired) electrons. The van der Waals surface area contributed by atoms with E-state index in [1.165, 1.54) is 38.5 Å². The highest BCUT2D eigenvalue weighted by Gasteiger charge is 2.23. The number of rotatable bonds is 14. The third kappa shape index (κ3) is 8.31. The second-order valence-electron chi connectivity index (χ2n) is 9.73. The molecule has 4 N–H and O–H groups in total. The zero-order chi connectivity index (χ0) is 26.3. The minimum Gasteiger partial charge on any atom is -0.401 e. The van der Waals surface area contributed by atoms with E-state index in [4.69, 9.17) is 11.5 Å². The van der Waals surface area contributed by atoms with Gasteiger partial charge in [0.1, 0.15) is 12.1 Å². The SMILES string of the molecule is CCCCCCCCCCC(/C(N)=C(C#N)/C(C#N)=C(\N)Cc1ccccc1C)c1ccccc1C. The lowest BCUT2D eigenvalue weighted by molar-refractivity contribution is 0.547. The van der Waals surface area contributed by atoms with E-state index in [0.717, 1.165) is 41.5 Å². The molecule has 0 aromatic heterocycles. The lowest BCUT2D eigenvalue weighted by atomic mass is 9.84. The van der Waals surface area contributed by atoms with Gasteiger partial charge in [0.25, 0.3) is 0 Å². The molecule has 2 rings (SSSR count). The fraction of sp³-hybridized carbons (Fsp3) is 0.438. The fourth-order valence-electron chi connectivity index (χ4n) is 4.77. The van der Waals surface area contributed by atoms with Gasteiger partial charge in [0, 0.05) is 23.7 Å². The van der Waals surface area contributed by atoms with E-state index in [2.05, 4.69) is 38.1 Å². The van der Waals surface area contributed by atoms with Crippen LogP contribution < -0.4 is 11.5 Å². The van der Waals surface area contributed by atoms with Crippen molar-refractivity contribution in [3.05, 3.63) is 93.3 Å². The Hall–Kier alpha value is -3.50. The average Bonchev–Trinajstić information content (AvgIpc) is 2.88. The first-order chi connectivity index (χ1) is 17.4. The number of hydrogen-bond donors (Lipinski definition) is 2. The predicted octanol–water partition coefficient (Wildman–Crippen LogP) is 7.63. The number of aryl methyl sites for hydroxylation is 2. The highest BCUT2D eigenvalue weighted by Crippen LogP contribution is 2.33. The first-order valence-electron chi connectivity index (χ1n) is 13.3. The summed E-state index contributed by atoms with van der Waals surface area (Å²) in [5.74, 6) is -0.129. The molecule has 0 aliphatic heterocycles. The number of unbranched alkanes of at least 4 members (excludes halogenated alkanes) is 7. The molecule has 4 nitrogen and oxygen atoms in total. The van der Waals surface area contributed by atoms with Crippen molar-refractivity contribution in [2.75, 3.05) is 0 Å². The maximum absolute atomic E-state index is 10.1. The van der Waals surface area contributed by atoms with E-state index >= 15 is 0 Å². The van der Waals surface area contributed by atoms with Gasteiger partial charge in [-0.05, 0) is 42.5 Å². The third-order valence-electron chi connectivity index (χ3n) is 7.01. The molecule has 0 saturated heterocycles. The molecule has 0 bridgehead atoms. The molecule has 0 saturated carbocycles. The van der Waals surface area contributed by atoms with Gasteiger partial charge in [-0.2, -0.15) is 10.5 Å². The normalized spacial score (nSPS) is 13.2. The molecule has 1 unspecified atom stereocenters. The molecule has 2 aromatic rings. The van der Waals surface area contributed by atoms with Gasteiger partial charge in [0.15, 0.2) is 0 Å². The van der Waals surface area contributed by atoms with E-state index in [1.54, 1.807) is 0 Å². The molecule has 0 fully saturated rings. The third-order valence-corrected chi connectivity index (χ3v) is 7.01. The first kappa shape index (κ1) is 28.7. The monoisotopic (exact) mass is 482 g/mol. The maximum atomic E-state index is 10.1. The van der Waals surface area contributed by atoms with Crippen molar-refractivity contribution in [2.45, 2.75) is 90.9 Å². The number of nitriles is 2. The lowest BCUT2D eigenvalue weighted by Crippen LogP contribution is -2.17. The Morgan fingerprint density at radius 3 is 1.89 bits per heavy atom. The first-order valence-corrected chi connectivity index (χ1v) is 13.3. The van der Waals surface area contributed by atoms with Crippen LogP contribution in [0.15, 0.2) is 71.1 Å². The van der Waals surface area contributed by atoms with Gasteiger partial charge in [-0.3, -0.25) is 0 Å². The molecule has 190 valence electrons. The Morgan fingerprint density at radius 1 is 0.750 bits per heavy atom. The quantitative estimate of drug-likeness (QED) is 0.164. The van der Waals surface area contributed by atoms with Crippen LogP contribution >= 0.6 is 0 Å². The number of benzene rings is 2. The van der Waals surface area contributed by atoms with Gasteiger partial charge in [0.05, 0.1) is 11.1 Å². The summed E-state index contributed by atoms with van der Waals surface area (Å²) in [5.41, 5.74) is 18.7. The van der Waals surface area contributed by atoms with Crippen molar-refractivity contribution in [2.24, 2.45) is 11.5 Å². The molecule has 2 aromatic carbocycles. The molecular formula is C32H42N4. The lowest BCUT2D eigenvalue weighted by Gasteiger charge is -2.22. The van der Waals surface area contributed by atoms with Crippen molar-refractivity contribution in [3.63, 3.8) is 0 Å².